The lowest BCUT2D eigenvalue weighted by molar-refractivity contribution is 0.0516. The van der Waals surface area contributed by atoms with Gasteiger partial charge in [-0.1, -0.05) is 12.8 Å². The maximum atomic E-state index is 11.7. The highest BCUT2D eigenvalue weighted by Gasteiger charge is 2.29. The van der Waals surface area contributed by atoms with Crippen molar-refractivity contribution in [1.82, 2.24) is 15.3 Å². The first-order valence-corrected chi connectivity index (χ1v) is 8.94. The van der Waals surface area contributed by atoms with Crippen LogP contribution in [0.3, 0.4) is 0 Å². The van der Waals surface area contributed by atoms with Crippen LogP contribution in [-0.2, 0) is 4.74 Å². The molecule has 1 aromatic heterocycles. The van der Waals surface area contributed by atoms with E-state index in [9.17, 15) is 4.79 Å². The van der Waals surface area contributed by atoms with Crippen LogP contribution >= 0.6 is 0 Å². The van der Waals surface area contributed by atoms with Gasteiger partial charge in [0.25, 0.3) is 0 Å². The molecule has 0 bridgehead atoms. The molecule has 24 heavy (non-hydrogen) atoms. The highest BCUT2D eigenvalue weighted by molar-refractivity contribution is 5.67. The first kappa shape index (κ1) is 17.0. The number of aromatic nitrogens is 2. The molecule has 1 aliphatic carbocycles. The van der Waals surface area contributed by atoms with Gasteiger partial charge in [-0.05, 0) is 33.6 Å². The lowest BCUT2D eigenvalue weighted by atomic mass is 9.99. The van der Waals surface area contributed by atoms with Crippen molar-refractivity contribution in [3.05, 3.63) is 18.1 Å². The number of amides is 1. The molecule has 0 radical (unpaired) electrons. The highest BCUT2D eigenvalue weighted by Crippen LogP contribution is 2.34. The lowest BCUT2D eigenvalue weighted by Gasteiger charge is -2.40. The van der Waals surface area contributed by atoms with Crippen molar-refractivity contribution >= 4 is 11.9 Å². The van der Waals surface area contributed by atoms with E-state index in [2.05, 4.69) is 26.3 Å². The molecule has 1 amide bonds. The van der Waals surface area contributed by atoms with Crippen LogP contribution < -0.4 is 10.2 Å². The number of nitrogens with zero attached hydrogens (tertiary/aromatic N) is 3. The summed E-state index contributed by atoms with van der Waals surface area (Å²) in [5.41, 5.74) is 0.737. The van der Waals surface area contributed by atoms with Crippen LogP contribution in [0.15, 0.2) is 12.4 Å². The maximum absolute atomic E-state index is 11.7. The second-order valence-corrected chi connectivity index (χ2v) is 7.94. The van der Waals surface area contributed by atoms with E-state index in [1.54, 1.807) is 6.33 Å². The molecule has 0 atom stereocenters. The number of nitrogens with one attached hydrogen (secondary N) is 1. The van der Waals surface area contributed by atoms with Crippen LogP contribution in [0.25, 0.3) is 0 Å². The first-order chi connectivity index (χ1) is 11.4. The van der Waals surface area contributed by atoms with E-state index in [1.807, 2.05) is 20.8 Å². The number of hydrogen-bond donors (Lipinski definition) is 1. The Balaban J connectivity index is 1.45. The Morgan fingerprint density at radius 3 is 2.67 bits per heavy atom. The normalized spacial score (nSPS) is 19.2. The Kier molecular flexibility index (Phi) is 4.92. The second kappa shape index (κ2) is 6.95. The molecule has 0 spiro atoms. The average Bonchev–Trinajstić information content (AvgIpc) is 2.98. The molecule has 6 nitrogen and oxygen atoms in total. The highest BCUT2D eigenvalue weighted by atomic mass is 16.6. The first-order valence-electron chi connectivity index (χ1n) is 8.94. The predicted octanol–water partition coefficient (Wildman–Crippen LogP) is 3.10. The van der Waals surface area contributed by atoms with Crippen LogP contribution in [0.1, 0.15) is 58.1 Å². The summed E-state index contributed by atoms with van der Waals surface area (Å²) in [6, 6.07) is 2.15. The van der Waals surface area contributed by atoms with Crippen molar-refractivity contribution in [2.24, 2.45) is 5.92 Å². The molecule has 0 unspecified atom stereocenters. The van der Waals surface area contributed by atoms with Gasteiger partial charge in [-0.15, -0.1) is 0 Å². The average molecular weight is 332 g/mol. The third-order valence-corrected chi connectivity index (χ3v) is 4.66. The topological polar surface area (TPSA) is 67.3 Å². The summed E-state index contributed by atoms with van der Waals surface area (Å²) in [6.45, 7) is 8.08. The van der Waals surface area contributed by atoms with Crippen LogP contribution in [0.5, 0.6) is 0 Å². The van der Waals surface area contributed by atoms with Crippen molar-refractivity contribution in [2.45, 2.75) is 58.0 Å². The molecule has 2 aliphatic rings. The molecule has 2 heterocycles. The smallest absolute Gasteiger partial charge is 0.407 e. The minimum atomic E-state index is -0.451. The zero-order valence-corrected chi connectivity index (χ0v) is 14.9. The van der Waals surface area contributed by atoms with E-state index in [4.69, 9.17) is 4.74 Å². The van der Waals surface area contributed by atoms with Crippen LogP contribution in [0.4, 0.5) is 10.6 Å². The molecule has 1 saturated heterocycles. The van der Waals surface area contributed by atoms with Crippen molar-refractivity contribution in [1.29, 1.82) is 0 Å². The molecule has 6 heteroatoms. The van der Waals surface area contributed by atoms with Gasteiger partial charge >= 0.3 is 6.09 Å². The summed E-state index contributed by atoms with van der Waals surface area (Å²) in [4.78, 5) is 22.8. The van der Waals surface area contributed by atoms with Gasteiger partial charge < -0.3 is 15.0 Å². The molecular weight excluding hydrogens is 304 g/mol. The number of anilines is 1. The second-order valence-electron chi connectivity index (χ2n) is 7.94. The van der Waals surface area contributed by atoms with Crippen molar-refractivity contribution in [2.75, 3.05) is 24.5 Å². The zero-order chi connectivity index (χ0) is 17.2. The number of ether oxygens (including phenoxy) is 1. The Hall–Kier alpha value is -1.85. The molecule has 1 aromatic rings. The fourth-order valence-electron chi connectivity index (χ4n) is 3.41. The fourth-order valence-corrected chi connectivity index (χ4v) is 3.41. The summed E-state index contributed by atoms with van der Waals surface area (Å²) in [5.74, 6) is 2.07. The molecule has 132 valence electrons. The summed E-state index contributed by atoms with van der Waals surface area (Å²) in [6.07, 6.45) is 6.47. The van der Waals surface area contributed by atoms with E-state index < -0.39 is 5.60 Å². The Morgan fingerprint density at radius 2 is 2.00 bits per heavy atom. The molecule has 1 N–H and O–H groups in total. The SMILES string of the molecule is CC(C)(C)OC(=O)NCC1CN(c2cc(C3CCCC3)ncn2)C1. The van der Waals surface area contributed by atoms with E-state index in [-0.39, 0.29) is 6.09 Å². The van der Waals surface area contributed by atoms with E-state index in [1.165, 1.54) is 31.4 Å². The van der Waals surface area contributed by atoms with Gasteiger partial charge in [0.1, 0.15) is 17.7 Å². The number of carbonyl (C=O) groups excluding carboxylic acids is 1. The quantitative estimate of drug-likeness (QED) is 0.917. The molecule has 0 aromatic carbocycles. The molecule has 3 rings (SSSR count). The van der Waals surface area contributed by atoms with Gasteiger partial charge in [0.15, 0.2) is 0 Å². The fraction of sp³-hybridized carbons (Fsp3) is 0.722. The largest absolute Gasteiger partial charge is 0.444 e. The third-order valence-electron chi connectivity index (χ3n) is 4.66. The lowest BCUT2D eigenvalue weighted by Crippen LogP contribution is -2.52. The summed E-state index contributed by atoms with van der Waals surface area (Å²) in [7, 11) is 0. The summed E-state index contributed by atoms with van der Waals surface area (Å²) in [5, 5.41) is 2.85. The number of carbonyl (C=O) groups is 1. The van der Waals surface area contributed by atoms with Gasteiger partial charge in [-0.25, -0.2) is 14.8 Å². The van der Waals surface area contributed by atoms with Gasteiger partial charge in [0, 0.05) is 43.2 Å². The molecule has 2 fully saturated rings. The van der Waals surface area contributed by atoms with E-state index >= 15 is 0 Å². The van der Waals surface area contributed by atoms with Crippen LogP contribution in [-0.4, -0.2) is 41.3 Å². The van der Waals surface area contributed by atoms with Crippen LogP contribution in [0, 0.1) is 5.92 Å². The van der Waals surface area contributed by atoms with E-state index in [0.717, 1.165) is 18.9 Å². The van der Waals surface area contributed by atoms with Gasteiger partial charge in [-0.2, -0.15) is 0 Å². The number of rotatable bonds is 4. The molecule has 1 aliphatic heterocycles. The molecular formula is C18H28N4O2. The summed E-state index contributed by atoms with van der Waals surface area (Å²) >= 11 is 0. The predicted molar refractivity (Wildman–Crippen MR) is 93.2 cm³/mol. The van der Waals surface area contributed by atoms with Crippen molar-refractivity contribution in [3.63, 3.8) is 0 Å². The monoisotopic (exact) mass is 332 g/mol. The number of hydrogen-bond acceptors (Lipinski definition) is 5. The Morgan fingerprint density at radius 1 is 1.29 bits per heavy atom. The third kappa shape index (κ3) is 4.36. The van der Waals surface area contributed by atoms with Gasteiger partial charge in [0.2, 0.25) is 0 Å². The minimum absolute atomic E-state index is 0.341. The van der Waals surface area contributed by atoms with Gasteiger partial charge in [-0.3, -0.25) is 0 Å². The Bertz CT molecular complexity index is 573. The van der Waals surface area contributed by atoms with Crippen molar-refractivity contribution < 1.29 is 9.53 Å². The number of alkyl carbamates (subject to hydrolysis) is 1. The van der Waals surface area contributed by atoms with Crippen LogP contribution in [0.2, 0.25) is 0 Å². The standard InChI is InChI=1S/C18H28N4O2/c1-18(2,3)24-17(23)19-9-13-10-22(11-13)16-8-15(20-12-21-16)14-6-4-5-7-14/h8,12-14H,4-7,9-11H2,1-3H3,(H,19,23). The molecule has 1 saturated carbocycles. The minimum Gasteiger partial charge on any atom is -0.444 e. The zero-order valence-electron chi connectivity index (χ0n) is 14.9. The van der Waals surface area contributed by atoms with Crippen molar-refractivity contribution in [3.8, 4) is 0 Å². The Labute approximate surface area is 144 Å². The summed E-state index contributed by atoms with van der Waals surface area (Å²) < 4.78 is 5.26. The van der Waals surface area contributed by atoms with Gasteiger partial charge in [0.05, 0.1) is 0 Å². The maximum Gasteiger partial charge on any atom is 0.407 e. The van der Waals surface area contributed by atoms with E-state index in [0.29, 0.717) is 18.4 Å².